The van der Waals surface area contributed by atoms with Crippen molar-refractivity contribution in [2.45, 2.75) is 12.3 Å². The molecule has 3 amide bonds. The van der Waals surface area contributed by atoms with Crippen LogP contribution in [0, 0.1) is 11.6 Å². The van der Waals surface area contributed by atoms with Gasteiger partial charge in [-0.2, -0.15) is 0 Å². The average molecular weight is 263 g/mol. The Morgan fingerprint density at radius 3 is 2.53 bits per heavy atom. The van der Waals surface area contributed by atoms with Gasteiger partial charge in [-0.25, -0.2) is 13.6 Å². The fourth-order valence-electron chi connectivity index (χ4n) is 0.956. The Hall–Kier alpha value is -1.69. The maximum absolute atomic E-state index is 13.1. The molecular weight excluding hydrogens is 254 g/mol. The predicted molar refractivity (Wildman–Crippen MR) is 58.8 cm³/mol. The molecule has 0 saturated carbocycles. The molecule has 0 aliphatic rings. The molecule has 1 unspecified atom stereocenters. The molecule has 0 spiro atoms. The molecule has 7 heteroatoms. The first-order valence-electron chi connectivity index (χ1n) is 4.61. The second kappa shape index (κ2) is 5.58. The Labute approximate surface area is 101 Å². The van der Waals surface area contributed by atoms with Crippen molar-refractivity contribution in [1.29, 1.82) is 0 Å². The summed E-state index contributed by atoms with van der Waals surface area (Å²) in [7, 11) is 0. The first kappa shape index (κ1) is 13.4. The van der Waals surface area contributed by atoms with E-state index < -0.39 is 28.9 Å². The highest BCUT2D eigenvalue weighted by Crippen LogP contribution is 2.14. The van der Waals surface area contributed by atoms with Gasteiger partial charge < -0.3 is 5.32 Å². The average Bonchev–Trinajstić information content (AvgIpc) is 2.22. The minimum Gasteiger partial charge on any atom is -0.305 e. The molecule has 0 heterocycles. The van der Waals surface area contributed by atoms with E-state index in [1.807, 2.05) is 5.32 Å². The van der Waals surface area contributed by atoms with E-state index in [9.17, 15) is 18.4 Å². The van der Waals surface area contributed by atoms with Crippen molar-refractivity contribution in [2.75, 3.05) is 5.32 Å². The summed E-state index contributed by atoms with van der Waals surface area (Å²) in [6.45, 7) is 1.38. The highest BCUT2D eigenvalue weighted by atomic mass is 35.5. The number of carbonyl (C=O) groups excluding carboxylic acids is 2. The van der Waals surface area contributed by atoms with Gasteiger partial charge in [-0.1, -0.05) is 0 Å². The summed E-state index contributed by atoms with van der Waals surface area (Å²) >= 11 is 5.41. The van der Waals surface area contributed by atoms with Crippen LogP contribution in [0.2, 0.25) is 0 Å². The van der Waals surface area contributed by atoms with Crippen LogP contribution in [0.1, 0.15) is 6.92 Å². The van der Waals surface area contributed by atoms with Gasteiger partial charge in [-0.05, 0) is 19.1 Å². The van der Waals surface area contributed by atoms with E-state index in [1.165, 1.54) is 6.92 Å². The Balaban J connectivity index is 2.65. The van der Waals surface area contributed by atoms with E-state index in [-0.39, 0.29) is 5.69 Å². The number of alkyl halides is 1. The van der Waals surface area contributed by atoms with Crippen LogP contribution < -0.4 is 10.6 Å². The Bertz CT molecular complexity index is 452. The van der Waals surface area contributed by atoms with E-state index >= 15 is 0 Å². The zero-order valence-corrected chi connectivity index (χ0v) is 9.52. The van der Waals surface area contributed by atoms with Crippen molar-refractivity contribution in [3.05, 3.63) is 29.8 Å². The Kier molecular flexibility index (Phi) is 4.39. The second-order valence-electron chi connectivity index (χ2n) is 3.18. The Morgan fingerprint density at radius 1 is 1.35 bits per heavy atom. The van der Waals surface area contributed by atoms with Crippen molar-refractivity contribution in [2.24, 2.45) is 0 Å². The van der Waals surface area contributed by atoms with Crippen molar-refractivity contribution in [3.8, 4) is 0 Å². The van der Waals surface area contributed by atoms with Gasteiger partial charge in [0.1, 0.15) is 17.0 Å². The summed E-state index contributed by atoms with van der Waals surface area (Å²) in [6, 6.07) is 1.69. The summed E-state index contributed by atoms with van der Waals surface area (Å²) in [5, 5.41) is 3.05. The summed E-state index contributed by atoms with van der Waals surface area (Å²) in [5.74, 6) is -2.42. The maximum atomic E-state index is 13.1. The molecular formula is C10H9ClF2N2O2. The van der Waals surface area contributed by atoms with Gasteiger partial charge in [0.2, 0.25) is 5.91 Å². The molecule has 0 saturated heterocycles. The quantitative estimate of drug-likeness (QED) is 0.803. The minimum atomic E-state index is -0.938. The van der Waals surface area contributed by atoms with Crippen LogP contribution in [0.5, 0.6) is 0 Å². The van der Waals surface area contributed by atoms with Crippen molar-refractivity contribution in [1.82, 2.24) is 5.32 Å². The highest BCUT2D eigenvalue weighted by molar-refractivity contribution is 6.31. The number of benzene rings is 1. The number of carbonyl (C=O) groups is 2. The van der Waals surface area contributed by atoms with Gasteiger partial charge in [0.25, 0.3) is 0 Å². The van der Waals surface area contributed by atoms with Crippen LogP contribution in [-0.4, -0.2) is 17.3 Å². The minimum absolute atomic E-state index is 0.237. The van der Waals surface area contributed by atoms with Crippen LogP contribution >= 0.6 is 11.6 Å². The normalized spacial score (nSPS) is 11.8. The van der Waals surface area contributed by atoms with Gasteiger partial charge in [0.15, 0.2) is 0 Å². The number of hydrogen-bond donors (Lipinski definition) is 2. The molecule has 1 aromatic rings. The van der Waals surface area contributed by atoms with Crippen molar-refractivity contribution >= 4 is 29.2 Å². The van der Waals surface area contributed by atoms with Gasteiger partial charge in [-0.15, -0.1) is 11.6 Å². The van der Waals surface area contributed by atoms with E-state index in [1.54, 1.807) is 0 Å². The van der Waals surface area contributed by atoms with Gasteiger partial charge in [0.05, 0.1) is 5.69 Å². The molecule has 1 aromatic carbocycles. The molecule has 0 radical (unpaired) electrons. The number of amides is 3. The third-order valence-corrected chi connectivity index (χ3v) is 1.98. The number of halogens is 3. The van der Waals surface area contributed by atoms with Crippen molar-refractivity contribution < 1.29 is 18.4 Å². The standard InChI is InChI=1S/C10H9ClF2N2O2/c1-5(11)9(16)15-10(17)14-8-3-2-6(12)4-7(8)13/h2-5H,1H3,(H2,14,15,16,17). The SMILES string of the molecule is CC(Cl)C(=O)NC(=O)Nc1ccc(F)cc1F. The molecule has 0 aromatic heterocycles. The summed E-state index contributed by atoms with van der Waals surface area (Å²) in [5.41, 5.74) is -0.237. The number of imide groups is 1. The number of rotatable bonds is 2. The number of urea groups is 1. The Morgan fingerprint density at radius 2 is 2.00 bits per heavy atom. The molecule has 1 rings (SSSR count). The second-order valence-corrected chi connectivity index (χ2v) is 3.84. The lowest BCUT2D eigenvalue weighted by atomic mass is 10.3. The van der Waals surface area contributed by atoms with E-state index in [0.29, 0.717) is 6.07 Å². The molecule has 4 nitrogen and oxygen atoms in total. The number of hydrogen-bond acceptors (Lipinski definition) is 2. The van der Waals surface area contributed by atoms with Crippen molar-refractivity contribution in [3.63, 3.8) is 0 Å². The molecule has 2 N–H and O–H groups in total. The molecule has 92 valence electrons. The first-order chi connectivity index (χ1) is 7.90. The molecule has 17 heavy (non-hydrogen) atoms. The van der Waals surface area contributed by atoms with Gasteiger partial charge in [0, 0.05) is 6.07 Å². The monoisotopic (exact) mass is 262 g/mol. The summed E-state index contributed by atoms with van der Waals surface area (Å²) in [4.78, 5) is 22.2. The molecule has 0 bridgehead atoms. The third kappa shape index (κ3) is 3.99. The summed E-state index contributed by atoms with van der Waals surface area (Å²) < 4.78 is 25.7. The molecule has 1 atom stereocenters. The van der Waals surface area contributed by atoms with Crippen LogP contribution in [0.15, 0.2) is 18.2 Å². The number of nitrogens with one attached hydrogen (secondary N) is 2. The predicted octanol–water partition coefficient (Wildman–Crippen LogP) is 2.24. The topological polar surface area (TPSA) is 58.2 Å². The van der Waals surface area contributed by atoms with Crippen LogP contribution in [0.3, 0.4) is 0 Å². The first-order valence-corrected chi connectivity index (χ1v) is 5.04. The third-order valence-electron chi connectivity index (χ3n) is 1.78. The zero-order valence-electron chi connectivity index (χ0n) is 8.76. The lowest BCUT2D eigenvalue weighted by Crippen LogP contribution is -2.38. The van der Waals surface area contributed by atoms with Crippen LogP contribution in [0.25, 0.3) is 0 Å². The van der Waals surface area contributed by atoms with Crippen LogP contribution in [0.4, 0.5) is 19.3 Å². The lowest BCUT2D eigenvalue weighted by Gasteiger charge is -2.08. The fraction of sp³-hybridized carbons (Fsp3) is 0.200. The van der Waals surface area contributed by atoms with Crippen LogP contribution in [-0.2, 0) is 4.79 Å². The smallest absolute Gasteiger partial charge is 0.305 e. The largest absolute Gasteiger partial charge is 0.326 e. The molecule has 0 aliphatic carbocycles. The number of anilines is 1. The van der Waals surface area contributed by atoms with Gasteiger partial charge in [-0.3, -0.25) is 10.1 Å². The fourth-order valence-corrected chi connectivity index (χ4v) is 1.01. The summed E-state index contributed by atoms with van der Waals surface area (Å²) in [6.07, 6.45) is 0. The lowest BCUT2D eigenvalue weighted by molar-refractivity contribution is -0.119. The van der Waals surface area contributed by atoms with E-state index in [4.69, 9.17) is 11.6 Å². The van der Waals surface area contributed by atoms with Gasteiger partial charge >= 0.3 is 6.03 Å². The molecule has 0 fully saturated rings. The molecule has 0 aliphatic heterocycles. The van der Waals surface area contributed by atoms with E-state index in [0.717, 1.165) is 12.1 Å². The zero-order chi connectivity index (χ0) is 13.0. The maximum Gasteiger partial charge on any atom is 0.326 e. The highest BCUT2D eigenvalue weighted by Gasteiger charge is 2.14. The van der Waals surface area contributed by atoms with E-state index in [2.05, 4.69) is 5.32 Å².